The second-order valence-electron chi connectivity index (χ2n) is 3.81. The number of aromatic hydroxyl groups is 2. The lowest BCUT2D eigenvalue weighted by Gasteiger charge is -2.00. The average molecular weight is 324 g/mol. The third-order valence-electron chi connectivity index (χ3n) is 2.23. The van der Waals surface area contributed by atoms with Crippen molar-refractivity contribution in [3.8, 4) is 17.2 Å². The molecular weight excluding hydrogens is 312 g/mol. The Morgan fingerprint density at radius 2 is 1.91 bits per heavy atom. The molecule has 2 aromatic heterocycles. The summed E-state index contributed by atoms with van der Waals surface area (Å²) < 4.78 is 8.78. The van der Waals surface area contributed by atoms with Crippen molar-refractivity contribution >= 4 is 0 Å². The maximum atomic E-state index is 10.3. The van der Waals surface area contributed by atoms with Crippen LogP contribution in [0, 0.1) is 6.92 Å². The number of aromatic nitrogens is 4. The summed E-state index contributed by atoms with van der Waals surface area (Å²) in [6, 6.07) is 1.15. The van der Waals surface area contributed by atoms with E-state index in [4.69, 9.17) is 10.2 Å². The minimum absolute atomic E-state index is 0.236. The fourth-order valence-electron chi connectivity index (χ4n) is 1.11. The van der Waals surface area contributed by atoms with Gasteiger partial charge in [0.05, 0.1) is 13.4 Å². The fraction of sp³-hybridized carbons (Fsp3) is 0.167. The highest BCUT2D eigenvalue weighted by atomic mass is 16.5. The van der Waals surface area contributed by atoms with Crippen LogP contribution in [0.1, 0.15) is 5.82 Å². The van der Waals surface area contributed by atoms with E-state index in [2.05, 4.69) is 29.8 Å². The van der Waals surface area contributed by atoms with Crippen LogP contribution in [-0.4, -0.2) is 37.9 Å². The van der Waals surface area contributed by atoms with Gasteiger partial charge in [0, 0.05) is 6.07 Å². The van der Waals surface area contributed by atoms with Crippen molar-refractivity contribution in [3.05, 3.63) is 55.1 Å². The van der Waals surface area contributed by atoms with Gasteiger partial charge in [-0.25, -0.2) is 0 Å². The van der Waals surface area contributed by atoms with Crippen molar-refractivity contribution in [1.82, 2.24) is 20.6 Å². The standard InChI is InChI=1S/C5H4O4.C5H4O3.C2H4N4/c1-9-5-3(7)2(6)4(5)8;6-4-1-2-8-3-5(4)7;1-2-3-5-6-4-2/h7H,1H3;1-3,7H;1H3,(H,3,4,5,6). The van der Waals surface area contributed by atoms with Gasteiger partial charge in [0.2, 0.25) is 16.9 Å². The SMILES string of the molecule is COc1c(O)c(=O)c1=O.Cc1nn[nH]n1.O=c1ccocc1O. The average Bonchev–Trinajstić information content (AvgIpc) is 3.03. The molecule has 3 rings (SSSR count). The van der Waals surface area contributed by atoms with Crippen LogP contribution in [0.2, 0.25) is 0 Å². The lowest BCUT2D eigenvalue weighted by Crippen LogP contribution is -2.30. The van der Waals surface area contributed by atoms with Gasteiger partial charge >= 0.3 is 0 Å². The molecule has 0 bridgehead atoms. The Morgan fingerprint density at radius 3 is 2.17 bits per heavy atom. The fourth-order valence-corrected chi connectivity index (χ4v) is 1.11. The topological polar surface area (TPSA) is 169 Å². The van der Waals surface area contributed by atoms with E-state index in [-0.39, 0.29) is 11.5 Å². The Balaban J connectivity index is 0.000000176. The molecule has 0 amide bonds. The molecule has 3 N–H and O–H groups in total. The van der Waals surface area contributed by atoms with Crippen LogP contribution in [0.4, 0.5) is 0 Å². The molecule has 0 saturated carbocycles. The van der Waals surface area contributed by atoms with E-state index in [0.29, 0.717) is 5.82 Å². The number of ether oxygens (including phenoxy) is 1. The zero-order valence-corrected chi connectivity index (χ0v) is 12.0. The summed E-state index contributed by atoms with van der Waals surface area (Å²) in [5, 5.41) is 29.8. The highest BCUT2D eigenvalue weighted by molar-refractivity contribution is 5.44. The van der Waals surface area contributed by atoms with Crippen molar-refractivity contribution in [1.29, 1.82) is 0 Å². The number of tetrazole rings is 1. The van der Waals surface area contributed by atoms with Crippen molar-refractivity contribution in [2.24, 2.45) is 0 Å². The van der Waals surface area contributed by atoms with Crippen LogP contribution < -0.4 is 21.0 Å². The number of hydrogen-bond donors (Lipinski definition) is 3. The minimum Gasteiger partial charge on any atom is -0.502 e. The van der Waals surface area contributed by atoms with Gasteiger partial charge in [-0.2, -0.15) is 5.21 Å². The first kappa shape index (κ1) is 17.6. The molecule has 2 heterocycles. The first-order valence-corrected chi connectivity index (χ1v) is 5.90. The molecule has 23 heavy (non-hydrogen) atoms. The summed E-state index contributed by atoms with van der Waals surface area (Å²) in [6.45, 7) is 1.77. The van der Waals surface area contributed by atoms with Crippen molar-refractivity contribution in [3.63, 3.8) is 0 Å². The monoisotopic (exact) mass is 324 g/mol. The molecule has 3 aromatic rings. The molecule has 122 valence electrons. The molecule has 11 nitrogen and oxygen atoms in total. The molecule has 0 aliphatic heterocycles. The number of rotatable bonds is 1. The number of nitrogens with one attached hydrogen (secondary N) is 1. The van der Waals surface area contributed by atoms with Gasteiger partial charge < -0.3 is 19.4 Å². The van der Waals surface area contributed by atoms with E-state index < -0.39 is 22.0 Å². The van der Waals surface area contributed by atoms with E-state index in [0.717, 1.165) is 12.3 Å². The van der Waals surface area contributed by atoms with Crippen molar-refractivity contribution in [2.45, 2.75) is 6.92 Å². The highest BCUT2D eigenvalue weighted by Gasteiger charge is 2.19. The third-order valence-corrected chi connectivity index (χ3v) is 2.23. The summed E-state index contributed by atoms with van der Waals surface area (Å²) in [6.07, 6.45) is 2.20. The lowest BCUT2D eigenvalue weighted by atomic mass is 10.2. The summed E-state index contributed by atoms with van der Waals surface area (Å²) in [5.74, 6) is -0.481. The molecule has 0 radical (unpaired) electrons. The number of aryl methyl sites for hydroxylation is 1. The number of hydrogen-bond acceptors (Lipinski definition) is 10. The Hall–Kier alpha value is -3.50. The van der Waals surface area contributed by atoms with E-state index in [1.807, 2.05) is 0 Å². The zero-order chi connectivity index (χ0) is 17.4. The Labute approximate surface area is 127 Å². The Kier molecular flexibility index (Phi) is 6.16. The second kappa shape index (κ2) is 8.07. The predicted octanol–water partition coefficient (Wildman–Crippen LogP) is -1.15. The summed E-state index contributed by atoms with van der Waals surface area (Å²) in [4.78, 5) is 30.8. The highest BCUT2D eigenvalue weighted by Crippen LogP contribution is 2.15. The Morgan fingerprint density at radius 1 is 1.22 bits per heavy atom. The molecule has 0 aliphatic rings. The van der Waals surface area contributed by atoms with Gasteiger partial charge in [-0.05, 0) is 6.92 Å². The van der Waals surface area contributed by atoms with Gasteiger partial charge in [-0.3, -0.25) is 14.4 Å². The second-order valence-corrected chi connectivity index (χ2v) is 3.81. The van der Waals surface area contributed by atoms with Crippen LogP contribution in [0.25, 0.3) is 0 Å². The van der Waals surface area contributed by atoms with Gasteiger partial charge in [-0.15, -0.1) is 10.2 Å². The van der Waals surface area contributed by atoms with Gasteiger partial charge in [0.1, 0.15) is 6.26 Å². The van der Waals surface area contributed by atoms with Crippen LogP contribution in [0.15, 0.2) is 37.4 Å². The summed E-state index contributed by atoms with van der Waals surface area (Å²) >= 11 is 0. The van der Waals surface area contributed by atoms with Crippen LogP contribution in [0.5, 0.6) is 17.2 Å². The predicted molar refractivity (Wildman–Crippen MR) is 75.1 cm³/mol. The molecule has 0 aliphatic carbocycles. The van der Waals surface area contributed by atoms with Crippen LogP contribution >= 0.6 is 0 Å². The lowest BCUT2D eigenvalue weighted by molar-refractivity contribution is 0.357. The van der Waals surface area contributed by atoms with E-state index in [1.165, 1.54) is 13.4 Å². The number of methoxy groups -OCH3 is 1. The normalized spacial score (nSPS) is 9.30. The number of nitrogens with zero attached hydrogens (tertiary/aromatic N) is 3. The van der Waals surface area contributed by atoms with Crippen LogP contribution in [-0.2, 0) is 0 Å². The molecule has 0 saturated heterocycles. The first-order valence-electron chi connectivity index (χ1n) is 5.90. The summed E-state index contributed by atoms with van der Waals surface area (Å²) in [5.41, 5.74) is -2.04. The summed E-state index contributed by atoms with van der Waals surface area (Å²) in [7, 11) is 1.22. The molecular formula is C12H12N4O7. The molecule has 0 spiro atoms. The van der Waals surface area contributed by atoms with Crippen LogP contribution in [0.3, 0.4) is 0 Å². The van der Waals surface area contributed by atoms with E-state index in [1.54, 1.807) is 6.92 Å². The Bertz CT molecular complexity index is 862. The van der Waals surface area contributed by atoms with Gasteiger partial charge in [-0.1, -0.05) is 5.21 Å². The largest absolute Gasteiger partial charge is 0.502 e. The third kappa shape index (κ3) is 4.77. The van der Waals surface area contributed by atoms with E-state index in [9.17, 15) is 14.4 Å². The first-order chi connectivity index (χ1) is 10.9. The quantitative estimate of drug-likeness (QED) is 0.464. The molecule has 1 aromatic carbocycles. The smallest absolute Gasteiger partial charge is 0.275 e. The number of H-pyrrole nitrogens is 1. The molecule has 0 unspecified atom stereocenters. The van der Waals surface area contributed by atoms with Gasteiger partial charge in [0.25, 0.3) is 10.9 Å². The maximum absolute atomic E-state index is 10.3. The molecule has 0 atom stereocenters. The minimum atomic E-state index is -0.869. The van der Waals surface area contributed by atoms with Crippen molar-refractivity contribution in [2.75, 3.05) is 7.11 Å². The maximum Gasteiger partial charge on any atom is 0.275 e. The zero-order valence-electron chi connectivity index (χ0n) is 12.0. The van der Waals surface area contributed by atoms with E-state index >= 15 is 0 Å². The molecule has 0 fully saturated rings. The molecule has 11 heteroatoms. The number of aromatic amines is 1. The van der Waals surface area contributed by atoms with Crippen molar-refractivity contribution < 1.29 is 19.4 Å². The van der Waals surface area contributed by atoms with Gasteiger partial charge in [0.15, 0.2) is 11.6 Å².